The molecule has 2 aromatic rings. The number of halogens is 3. The average Bonchev–Trinajstić information content (AvgIpc) is 2.72. The Morgan fingerprint density at radius 2 is 1.90 bits per heavy atom. The van der Waals surface area contributed by atoms with E-state index in [9.17, 15) is 23.5 Å². The Kier molecular flexibility index (Phi) is 7.29. The van der Waals surface area contributed by atoms with Crippen LogP contribution in [0.5, 0.6) is 5.75 Å². The van der Waals surface area contributed by atoms with Gasteiger partial charge >= 0.3 is 6.03 Å². The zero-order valence-corrected chi connectivity index (χ0v) is 17.5. The predicted molar refractivity (Wildman–Crippen MR) is 111 cm³/mol. The summed E-state index contributed by atoms with van der Waals surface area (Å²) in [4.78, 5) is 26.4. The Hall–Kier alpha value is -2.91. The maximum Gasteiger partial charge on any atom is 0.319 e. The van der Waals surface area contributed by atoms with E-state index in [1.54, 1.807) is 24.3 Å². The molecule has 3 N–H and O–H groups in total. The van der Waals surface area contributed by atoms with Gasteiger partial charge in [-0.25, -0.2) is 13.6 Å². The van der Waals surface area contributed by atoms with Crippen LogP contribution in [0.3, 0.4) is 0 Å². The molecule has 1 aliphatic heterocycles. The number of nitrogens with one attached hydrogen (secondary N) is 2. The molecule has 0 spiro atoms. The number of amides is 3. The third kappa shape index (κ3) is 5.42. The lowest BCUT2D eigenvalue weighted by Gasteiger charge is -2.38. The molecule has 166 valence electrons. The van der Waals surface area contributed by atoms with Gasteiger partial charge in [0.05, 0.1) is 19.8 Å². The van der Waals surface area contributed by atoms with Crippen molar-refractivity contribution in [1.82, 2.24) is 10.2 Å². The van der Waals surface area contributed by atoms with Crippen LogP contribution in [0.2, 0.25) is 5.02 Å². The zero-order valence-electron chi connectivity index (χ0n) is 16.7. The standard InChI is InChI=1S/C21H22ClF2N3O4/c1-31-14-8-16(23)20(17(24)9-14)15-10-19(29)27(6-7-28)11-18(15)26-21(30)25-13-4-2-12(22)3-5-13/h2-5,8-9,15,18,28H,6-7,10-11H2,1H3,(H2,25,26,30)/t15-,18-/m1/s1. The maximum absolute atomic E-state index is 14.7. The number of β-amino-alcohol motifs (C(OH)–C–C–N with tert-alkyl or cyclic N) is 1. The number of hydrogen-bond donors (Lipinski definition) is 3. The second-order valence-electron chi connectivity index (χ2n) is 7.09. The molecule has 7 nitrogen and oxygen atoms in total. The fourth-order valence-electron chi connectivity index (χ4n) is 3.61. The minimum Gasteiger partial charge on any atom is -0.497 e. The third-order valence-electron chi connectivity index (χ3n) is 5.10. The number of piperidine rings is 1. The molecule has 1 saturated heterocycles. The van der Waals surface area contributed by atoms with E-state index in [-0.39, 0.29) is 43.3 Å². The summed E-state index contributed by atoms with van der Waals surface area (Å²) in [7, 11) is 1.29. The van der Waals surface area contributed by atoms with Crippen LogP contribution in [0.25, 0.3) is 0 Å². The Morgan fingerprint density at radius 3 is 2.48 bits per heavy atom. The number of aliphatic hydroxyl groups excluding tert-OH is 1. The van der Waals surface area contributed by atoms with E-state index in [1.165, 1.54) is 12.0 Å². The number of carbonyl (C=O) groups is 2. The number of rotatable bonds is 6. The van der Waals surface area contributed by atoms with Crippen LogP contribution in [0, 0.1) is 11.6 Å². The van der Waals surface area contributed by atoms with Gasteiger partial charge in [-0.05, 0) is 24.3 Å². The second kappa shape index (κ2) is 9.93. The average molecular weight is 454 g/mol. The summed E-state index contributed by atoms with van der Waals surface area (Å²) < 4.78 is 34.3. The van der Waals surface area contributed by atoms with Gasteiger partial charge in [-0.1, -0.05) is 11.6 Å². The summed E-state index contributed by atoms with van der Waals surface area (Å²) in [5.74, 6) is -3.03. The fourth-order valence-corrected chi connectivity index (χ4v) is 3.74. The van der Waals surface area contributed by atoms with Gasteiger partial charge in [0.2, 0.25) is 5.91 Å². The normalized spacial score (nSPS) is 18.6. The number of anilines is 1. The second-order valence-corrected chi connectivity index (χ2v) is 7.53. The highest BCUT2D eigenvalue weighted by Gasteiger charge is 2.38. The number of hydrogen-bond acceptors (Lipinski definition) is 4. The van der Waals surface area contributed by atoms with E-state index in [4.69, 9.17) is 16.3 Å². The van der Waals surface area contributed by atoms with Crippen LogP contribution in [0.15, 0.2) is 36.4 Å². The number of methoxy groups -OCH3 is 1. The van der Waals surface area contributed by atoms with Gasteiger partial charge in [0.25, 0.3) is 0 Å². The lowest BCUT2D eigenvalue weighted by molar-refractivity contribution is -0.135. The summed E-state index contributed by atoms with van der Waals surface area (Å²) >= 11 is 5.84. The summed E-state index contributed by atoms with van der Waals surface area (Å²) in [5.41, 5.74) is 0.175. The van der Waals surface area contributed by atoms with Gasteiger partial charge in [0, 0.05) is 53.8 Å². The molecule has 3 rings (SSSR count). The van der Waals surface area contributed by atoms with E-state index in [0.717, 1.165) is 12.1 Å². The molecule has 2 aromatic carbocycles. The highest BCUT2D eigenvalue weighted by atomic mass is 35.5. The monoisotopic (exact) mass is 453 g/mol. The number of urea groups is 1. The topological polar surface area (TPSA) is 90.9 Å². The molecule has 0 aromatic heterocycles. The lowest BCUT2D eigenvalue weighted by atomic mass is 9.84. The first-order chi connectivity index (χ1) is 14.8. The molecule has 0 bridgehead atoms. The lowest BCUT2D eigenvalue weighted by Crippen LogP contribution is -2.55. The quantitative estimate of drug-likeness (QED) is 0.626. The van der Waals surface area contributed by atoms with E-state index < -0.39 is 29.6 Å². The van der Waals surface area contributed by atoms with Crippen LogP contribution in [0.1, 0.15) is 17.9 Å². The van der Waals surface area contributed by atoms with Gasteiger partial charge in [-0.15, -0.1) is 0 Å². The highest BCUT2D eigenvalue weighted by Crippen LogP contribution is 2.34. The molecule has 0 saturated carbocycles. The first-order valence-corrected chi connectivity index (χ1v) is 9.94. The zero-order chi connectivity index (χ0) is 22.5. The van der Waals surface area contributed by atoms with Crippen LogP contribution < -0.4 is 15.4 Å². The Labute approximate surface area is 182 Å². The molecule has 10 heteroatoms. The van der Waals surface area contributed by atoms with Crippen molar-refractivity contribution < 1.29 is 28.2 Å². The molecule has 1 heterocycles. The number of benzene rings is 2. The SMILES string of the molecule is COc1cc(F)c([C@@H]2CC(=O)N(CCO)C[C@H]2NC(=O)Nc2ccc(Cl)cc2)c(F)c1. The Morgan fingerprint density at radius 1 is 1.26 bits per heavy atom. The van der Waals surface area contributed by atoms with Gasteiger partial charge in [-0.2, -0.15) is 0 Å². The van der Waals surface area contributed by atoms with Crippen molar-refractivity contribution in [3.63, 3.8) is 0 Å². The van der Waals surface area contributed by atoms with Crippen LogP contribution in [-0.2, 0) is 4.79 Å². The molecule has 31 heavy (non-hydrogen) atoms. The maximum atomic E-state index is 14.7. The van der Waals surface area contributed by atoms with Crippen LogP contribution in [-0.4, -0.2) is 54.8 Å². The van der Waals surface area contributed by atoms with E-state index in [0.29, 0.717) is 10.7 Å². The summed E-state index contributed by atoms with van der Waals surface area (Å²) in [6, 6.07) is 7.07. The van der Waals surface area contributed by atoms with Gasteiger partial charge in [-0.3, -0.25) is 4.79 Å². The molecular weight excluding hydrogens is 432 g/mol. The van der Waals surface area contributed by atoms with Gasteiger partial charge in [0.1, 0.15) is 17.4 Å². The molecular formula is C21H22ClF2N3O4. The van der Waals surface area contributed by atoms with Crippen molar-refractivity contribution >= 4 is 29.2 Å². The predicted octanol–water partition coefficient (Wildman–Crippen LogP) is 3.13. The number of nitrogens with zero attached hydrogens (tertiary/aromatic N) is 1. The number of likely N-dealkylation sites (tertiary alicyclic amines) is 1. The Balaban J connectivity index is 1.86. The molecule has 3 amide bonds. The minimum absolute atomic E-state index is 0.00721. The minimum atomic E-state index is -0.940. The summed E-state index contributed by atoms with van der Waals surface area (Å²) in [6.45, 7) is -0.232. The molecule has 2 atom stereocenters. The van der Waals surface area contributed by atoms with E-state index >= 15 is 0 Å². The molecule has 0 radical (unpaired) electrons. The number of aliphatic hydroxyl groups is 1. The van der Waals surface area contributed by atoms with E-state index in [1.807, 2.05) is 0 Å². The summed E-state index contributed by atoms with van der Waals surface area (Å²) in [6.07, 6.45) is -0.230. The largest absolute Gasteiger partial charge is 0.497 e. The van der Waals surface area contributed by atoms with Crippen molar-refractivity contribution in [2.24, 2.45) is 0 Å². The van der Waals surface area contributed by atoms with E-state index in [2.05, 4.69) is 10.6 Å². The molecule has 0 unspecified atom stereocenters. The highest BCUT2D eigenvalue weighted by molar-refractivity contribution is 6.30. The fraction of sp³-hybridized carbons (Fsp3) is 0.333. The molecule has 0 aliphatic carbocycles. The smallest absolute Gasteiger partial charge is 0.319 e. The number of carbonyl (C=O) groups excluding carboxylic acids is 2. The molecule has 1 fully saturated rings. The van der Waals surface area contributed by atoms with Crippen molar-refractivity contribution in [2.45, 2.75) is 18.4 Å². The Bertz CT molecular complexity index is 935. The van der Waals surface area contributed by atoms with Crippen molar-refractivity contribution in [2.75, 3.05) is 32.1 Å². The van der Waals surface area contributed by atoms with Crippen LogP contribution >= 0.6 is 11.6 Å². The molecule has 1 aliphatic rings. The van der Waals surface area contributed by atoms with Crippen molar-refractivity contribution in [3.05, 3.63) is 58.6 Å². The number of ether oxygens (including phenoxy) is 1. The van der Waals surface area contributed by atoms with Crippen molar-refractivity contribution in [1.29, 1.82) is 0 Å². The van der Waals surface area contributed by atoms with Crippen LogP contribution in [0.4, 0.5) is 19.3 Å². The van der Waals surface area contributed by atoms with Gasteiger partial charge < -0.3 is 25.4 Å². The summed E-state index contributed by atoms with van der Waals surface area (Å²) in [5, 5.41) is 15.0. The first kappa shape index (κ1) is 22.8. The van der Waals surface area contributed by atoms with Gasteiger partial charge in [0.15, 0.2) is 0 Å². The first-order valence-electron chi connectivity index (χ1n) is 9.57. The van der Waals surface area contributed by atoms with Crippen molar-refractivity contribution in [3.8, 4) is 5.75 Å². The third-order valence-corrected chi connectivity index (χ3v) is 5.35.